The number of benzene rings is 1. The smallest absolute Gasteiger partial charge is 0.251 e. The number of anilines is 1. The van der Waals surface area contributed by atoms with Crippen molar-refractivity contribution >= 4 is 38.5 Å². The molecular weight excluding hydrogens is 314 g/mol. The van der Waals surface area contributed by atoms with Gasteiger partial charge in [0.05, 0.1) is 22.9 Å². The van der Waals surface area contributed by atoms with Crippen molar-refractivity contribution in [3.8, 4) is 0 Å². The number of fused-ring (bicyclic) bond motifs is 1. The van der Waals surface area contributed by atoms with Crippen molar-refractivity contribution in [2.24, 2.45) is 5.92 Å². The summed E-state index contributed by atoms with van der Waals surface area (Å²) in [5.41, 5.74) is 1.24. The number of hydrogen-bond acceptors (Lipinski definition) is 5. The van der Waals surface area contributed by atoms with Gasteiger partial charge in [0.15, 0.2) is 5.13 Å². The van der Waals surface area contributed by atoms with E-state index in [1.807, 2.05) is 13.8 Å². The first kappa shape index (κ1) is 17.4. The van der Waals surface area contributed by atoms with Crippen LogP contribution >= 0.6 is 11.3 Å². The SMILES string of the molecule is CC(=O)Nc1nc2ccc(C(=O)NC(CO)CC(C)C)cc2s1. The van der Waals surface area contributed by atoms with Gasteiger partial charge in [0.1, 0.15) is 0 Å². The van der Waals surface area contributed by atoms with Gasteiger partial charge in [0.25, 0.3) is 5.91 Å². The van der Waals surface area contributed by atoms with Crippen LogP contribution in [-0.4, -0.2) is 34.6 Å². The van der Waals surface area contributed by atoms with Crippen molar-refractivity contribution in [2.45, 2.75) is 33.2 Å². The first-order valence-electron chi connectivity index (χ1n) is 7.49. The molecule has 0 aliphatic carbocycles. The molecule has 2 amide bonds. The Morgan fingerprint density at radius 3 is 2.70 bits per heavy atom. The predicted molar refractivity (Wildman–Crippen MR) is 91.7 cm³/mol. The van der Waals surface area contributed by atoms with Crippen LogP contribution in [0.15, 0.2) is 18.2 Å². The first-order chi connectivity index (χ1) is 10.9. The number of nitrogens with zero attached hydrogens (tertiary/aromatic N) is 1. The van der Waals surface area contributed by atoms with Crippen molar-refractivity contribution in [3.63, 3.8) is 0 Å². The average Bonchev–Trinajstić information content (AvgIpc) is 2.85. The van der Waals surface area contributed by atoms with Gasteiger partial charge in [-0.1, -0.05) is 25.2 Å². The van der Waals surface area contributed by atoms with Gasteiger partial charge in [-0.2, -0.15) is 0 Å². The van der Waals surface area contributed by atoms with E-state index in [0.717, 1.165) is 16.6 Å². The van der Waals surface area contributed by atoms with Crippen LogP contribution < -0.4 is 10.6 Å². The Hall–Kier alpha value is -1.99. The summed E-state index contributed by atoms with van der Waals surface area (Å²) in [5.74, 6) is -0.0146. The molecule has 23 heavy (non-hydrogen) atoms. The Kier molecular flexibility index (Phi) is 5.68. The lowest BCUT2D eigenvalue weighted by Crippen LogP contribution is -2.38. The molecule has 6 nitrogen and oxygen atoms in total. The van der Waals surface area contributed by atoms with Crippen molar-refractivity contribution in [3.05, 3.63) is 23.8 Å². The highest BCUT2D eigenvalue weighted by atomic mass is 32.1. The van der Waals surface area contributed by atoms with Gasteiger partial charge in [-0.3, -0.25) is 9.59 Å². The summed E-state index contributed by atoms with van der Waals surface area (Å²) in [5, 5.41) is 15.4. The van der Waals surface area contributed by atoms with Gasteiger partial charge >= 0.3 is 0 Å². The molecule has 0 fully saturated rings. The van der Waals surface area contributed by atoms with E-state index in [1.165, 1.54) is 18.3 Å². The molecule has 0 bridgehead atoms. The third kappa shape index (κ3) is 4.74. The molecule has 1 aromatic heterocycles. The number of aliphatic hydroxyl groups is 1. The summed E-state index contributed by atoms with van der Waals surface area (Å²) in [6.45, 7) is 5.43. The second kappa shape index (κ2) is 7.52. The Morgan fingerprint density at radius 1 is 1.35 bits per heavy atom. The molecule has 0 aliphatic heterocycles. The molecule has 1 unspecified atom stereocenters. The molecule has 0 radical (unpaired) electrons. The molecule has 0 saturated heterocycles. The molecule has 7 heteroatoms. The molecule has 0 spiro atoms. The van der Waals surface area contributed by atoms with Crippen LogP contribution in [0.25, 0.3) is 10.2 Å². The number of carbonyl (C=O) groups is 2. The lowest BCUT2D eigenvalue weighted by Gasteiger charge is -2.18. The maximum Gasteiger partial charge on any atom is 0.251 e. The molecule has 2 aromatic rings. The zero-order valence-electron chi connectivity index (χ0n) is 13.4. The van der Waals surface area contributed by atoms with E-state index in [-0.39, 0.29) is 24.5 Å². The van der Waals surface area contributed by atoms with Gasteiger partial charge in [-0.05, 0) is 30.5 Å². The summed E-state index contributed by atoms with van der Waals surface area (Å²) >= 11 is 1.32. The van der Waals surface area contributed by atoms with Crippen molar-refractivity contribution < 1.29 is 14.7 Å². The van der Waals surface area contributed by atoms with E-state index in [1.54, 1.807) is 18.2 Å². The standard InChI is InChI=1S/C16H21N3O3S/c1-9(2)6-12(8-20)18-15(22)11-4-5-13-14(7-11)23-16(19-13)17-10(3)21/h4-5,7,9,12,20H,6,8H2,1-3H3,(H,18,22)(H,17,19,21). The predicted octanol–water partition coefficient (Wildman–Crippen LogP) is 2.39. The van der Waals surface area contributed by atoms with Crippen LogP contribution in [0.5, 0.6) is 0 Å². The summed E-state index contributed by atoms with van der Waals surface area (Å²) in [4.78, 5) is 27.7. The molecule has 0 aliphatic rings. The molecule has 2 rings (SSSR count). The quantitative estimate of drug-likeness (QED) is 0.756. The van der Waals surface area contributed by atoms with Gasteiger partial charge in [-0.15, -0.1) is 0 Å². The van der Waals surface area contributed by atoms with Crippen LogP contribution in [0.3, 0.4) is 0 Å². The highest BCUT2D eigenvalue weighted by molar-refractivity contribution is 7.22. The molecule has 0 saturated carbocycles. The number of hydrogen-bond donors (Lipinski definition) is 3. The minimum absolute atomic E-state index is 0.0839. The molecule has 124 valence electrons. The second-order valence-corrected chi connectivity index (χ2v) is 6.90. The van der Waals surface area contributed by atoms with Crippen LogP contribution in [0.2, 0.25) is 0 Å². The van der Waals surface area contributed by atoms with Crippen LogP contribution in [0.1, 0.15) is 37.6 Å². The molecule has 1 atom stereocenters. The normalized spacial score (nSPS) is 12.4. The Bertz CT molecular complexity index is 712. The zero-order chi connectivity index (χ0) is 17.0. The fourth-order valence-corrected chi connectivity index (χ4v) is 3.24. The first-order valence-corrected chi connectivity index (χ1v) is 8.30. The van der Waals surface area contributed by atoms with Crippen molar-refractivity contribution in [1.82, 2.24) is 10.3 Å². The molecule has 1 aromatic carbocycles. The highest BCUT2D eigenvalue weighted by Gasteiger charge is 2.15. The number of thiazole rings is 1. The van der Waals surface area contributed by atoms with E-state index in [4.69, 9.17) is 0 Å². The Balaban J connectivity index is 2.15. The number of amides is 2. The van der Waals surface area contributed by atoms with Gasteiger partial charge in [-0.25, -0.2) is 4.98 Å². The maximum absolute atomic E-state index is 12.3. The van der Waals surface area contributed by atoms with Crippen molar-refractivity contribution in [2.75, 3.05) is 11.9 Å². The third-order valence-corrected chi connectivity index (χ3v) is 4.18. The second-order valence-electron chi connectivity index (χ2n) is 5.87. The average molecular weight is 335 g/mol. The van der Waals surface area contributed by atoms with E-state index in [0.29, 0.717) is 16.6 Å². The van der Waals surface area contributed by atoms with Crippen molar-refractivity contribution in [1.29, 1.82) is 0 Å². The topological polar surface area (TPSA) is 91.3 Å². The summed E-state index contributed by atoms with van der Waals surface area (Å²) in [6.07, 6.45) is 0.720. The van der Waals surface area contributed by atoms with E-state index < -0.39 is 0 Å². The van der Waals surface area contributed by atoms with Crippen LogP contribution in [0.4, 0.5) is 5.13 Å². The maximum atomic E-state index is 12.3. The molecule has 3 N–H and O–H groups in total. The fraction of sp³-hybridized carbons (Fsp3) is 0.438. The largest absolute Gasteiger partial charge is 0.394 e. The van der Waals surface area contributed by atoms with E-state index in [2.05, 4.69) is 15.6 Å². The molecule has 1 heterocycles. The Morgan fingerprint density at radius 2 is 2.09 bits per heavy atom. The van der Waals surface area contributed by atoms with Gasteiger partial charge < -0.3 is 15.7 Å². The van der Waals surface area contributed by atoms with E-state index in [9.17, 15) is 14.7 Å². The monoisotopic (exact) mass is 335 g/mol. The van der Waals surface area contributed by atoms with Gasteiger partial charge in [0, 0.05) is 12.5 Å². The minimum atomic E-state index is -0.255. The lowest BCUT2D eigenvalue weighted by atomic mass is 10.0. The Labute approximate surface area is 138 Å². The number of carbonyl (C=O) groups excluding carboxylic acids is 2. The number of aliphatic hydroxyl groups excluding tert-OH is 1. The summed E-state index contributed by atoms with van der Waals surface area (Å²) in [7, 11) is 0. The fourth-order valence-electron chi connectivity index (χ4n) is 2.29. The number of aromatic nitrogens is 1. The number of rotatable bonds is 6. The van der Waals surface area contributed by atoms with Crippen LogP contribution in [-0.2, 0) is 4.79 Å². The third-order valence-electron chi connectivity index (χ3n) is 3.25. The van der Waals surface area contributed by atoms with Gasteiger partial charge in [0.2, 0.25) is 5.91 Å². The minimum Gasteiger partial charge on any atom is -0.394 e. The zero-order valence-corrected chi connectivity index (χ0v) is 14.2. The lowest BCUT2D eigenvalue weighted by molar-refractivity contribution is -0.114. The summed E-state index contributed by atoms with van der Waals surface area (Å²) in [6, 6.07) is 4.94. The molecular formula is C16H21N3O3S. The van der Waals surface area contributed by atoms with Crippen LogP contribution in [0, 0.1) is 5.92 Å². The van der Waals surface area contributed by atoms with E-state index >= 15 is 0 Å². The summed E-state index contributed by atoms with van der Waals surface area (Å²) < 4.78 is 0.825. The number of nitrogens with one attached hydrogen (secondary N) is 2. The highest BCUT2D eigenvalue weighted by Crippen LogP contribution is 2.26.